The molecule has 2 aliphatic rings. The molecule has 1 aromatic heterocycles. The number of para-hydroxylation sites is 1. The number of imidazole rings is 1. The zero-order chi connectivity index (χ0) is 13.0. The first-order valence-corrected chi connectivity index (χ1v) is 6.87. The molecule has 4 rings (SSSR count). The number of hydrogen-bond donors (Lipinski definition) is 1. The first kappa shape index (κ1) is 11.0. The molecule has 1 heterocycles. The van der Waals surface area contributed by atoms with Gasteiger partial charge in [0.05, 0.1) is 22.9 Å². The maximum Gasteiger partial charge on any atom is 0.337 e. The second-order valence-corrected chi connectivity index (χ2v) is 5.99. The number of nitrogens with zero attached hydrogens (tertiary/aromatic N) is 2. The molecule has 98 valence electrons. The van der Waals surface area contributed by atoms with Gasteiger partial charge in [0.2, 0.25) is 0 Å². The molecule has 2 fully saturated rings. The second kappa shape index (κ2) is 3.59. The molecule has 0 aliphatic heterocycles. The molecule has 19 heavy (non-hydrogen) atoms. The quantitative estimate of drug-likeness (QED) is 0.915. The van der Waals surface area contributed by atoms with Crippen molar-refractivity contribution in [2.45, 2.75) is 32.2 Å². The summed E-state index contributed by atoms with van der Waals surface area (Å²) in [6.45, 7) is 0.929. The molecule has 2 saturated carbocycles. The highest BCUT2D eigenvalue weighted by Crippen LogP contribution is 2.62. The highest BCUT2D eigenvalue weighted by molar-refractivity contribution is 6.01. The van der Waals surface area contributed by atoms with Gasteiger partial charge in [0.1, 0.15) is 0 Å². The van der Waals surface area contributed by atoms with Crippen LogP contribution in [-0.2, 0) is 6.54 Å². The Morgan fingerprint density at radius 3 is 2.84 bits per heavy atom. The van der Waals surface area contributed by atoms with E-state index in [4.69, 9.17) is 0 Å². The van der Waals surface area contributed by atoms with Crippen molar-refractivity contribution in [2.75, 3.05) is 0 Å². The van der Waals surface area contributed by atoms with Crippen LogP contribution in [0.25, 0.3) is 11.0 Å². The molecule has 1 N–H and O–H groups in total. The van der Waals surface area contributed by atoms with Crippen LogP contribution in [0, 0.1) is 11.3 Å². The fourth-order valence-electron chi connectivity index (χ4n) is 3.31. The minimum absolute atomic E-state index is 0.363. The van der Waals surface area contributed by atoms with E-state index in [-0.39, 0.29) is 0 Å². The molecule has 0 amide bonds. The largest absolute Gasteiger partial charge is 0.478 e. The Morgan fingerprint density at radius 1 is 1.42 bits per heavy atom. The van der Waals surface area contributed by atoms with Crippen LogP contribution in [0.1, 0.15) is 36.0 Å². The molecule has 4 heteroatoms. The fourth-order valence-corrected chi connectivity index (χ4v) is 3.31. The average Bonchev–Trinajstić information content (AvgIpc) is 3.28. The molecule has 0 radical (unpaired) electrons. The van der Waals surface area contributed by atoms with Crippen molar-refractivity contribution in [2.24, 2.45) is 11.3 Å². The molecule has 4 nitrogen and oxygen atoms in total. The first-order chi connectivity index (χ1) is 9.20. The lowest BCUT2D eigenvalue weighted by Crippen LogP contribution is -2.14. The summed E-state index contributed by atoms with van der Waals surface area (Å²) in [5.41, 5.74) is 2.37. The van der Waals surface area contributed by atoms with E-state index in [9.17, 15) is 9.90 Å². The molecule has 0 bridgehead atoms. The third kappa shape index (κ3) is 1.66. The Bertz CT molecular complexity index is 666. The maximum atomic E-state index is 11.4. The second-order valence-electron chi connectivity index (χ2n) is 5.99. The molecule has 2 aromatic rings. The molecule has 0 spiro atoms. The monoisotopic (exact) mass is 256 g/mol. The van der Waals surface area contributed by atoms with Crippen molar-refractivity contribution >= 4 is 17.0 Å². The van der Waals surface area contributed by atoms with E-state index < -0.39 is 5.97 Å². The molecule has 1 aromatic carbocycles. The summed E-state index contributed by atoms with van der Waals surface area (Å²) in [7, 11) is 0. The van der Waals surface area contributed by atoms with E-state index >= 15 is 0 Å². The number of carbonyl (C=O) groups is 1. The van der Waals surface area contributed by atoms with E-state index in [1.807, 2.05) is 6.07 Å². The van der Waals surface area contributed by atoms with Gasteiger partial charge >= 0.3 is 5.97 Å². The summed E-state index contributed by atoms with van der Waals surface area (Å²) in [6, 6.07) is 5.31. The molecular weight excluding hydrogens is 240 g/mol. The predicted octanol–water partition coefficient (Wildman–Crippen LogP) is 2.92. The van der Waals surface area contributed by atoms with Crippen molar-refractivity contribution in [3.05, 3.63) is 30.1 Å². The topological polar surface area (TPSA) is 55.1 Å². The number of carboxylic acid groups (broad SMARTS) is 1. The van der Waals surface area contributed by atoms with Gasteiger partial charge < -0.3 is 9.67 Å². The first-order valence-electron chi connectivity index (χ1n) is 6.87. The van der Waals surface area contributed by atoms with Gasteiger partial charge in [-0.25, -0.2) is 9.78 Å². The standard InChI is InChI=1S/C15H16N2O2/c18-14(19)11-2-1-3-12-13(11)17(9-16-12)8-15(6-7-15)10-4-5-10/h1-3,9-10H,4-8H2,(H,18,19). The average molecular weight is 256 g/mol. The summed E-state index contributed by atoms with van der Waals surface area (Å²) >= 11 is 0. The summed E-state index contributed by atoms with van der Waals surface area (Å²) in [4.78, 5) is 15.7. The third-order valence-corrected chi connectivity index (χ3v) is 4.69. The summed E-state index contributed by atoms with van der Waals surface area (Å²) < 4.78 is 2.06. The molecule has 0 atom stereocenters. The lowest BCUT2D eigenvalue weighted by Gasteiger charge is -2.16. The van der Waals surface area contributed by atoms with Crippen LogP contribution in [0.2, 0.25) is 0 Å². The minimum atomic E-state index is -0.872. The Balaban J connectivity index is 1.79. The zero-order valence-corrected chi connectivity index (χ0v) is 10.7. The van der Waals surface area contributed by atoms with Crippen LogP contribution < -0.4 is 0 Å². The van der Waals surface area contributed by atoms with E-state index in [0.29, 0.717) is 11.0 Å². The van der Waals surface area contributed by atoms with Gasteiger partial charge in [0.15, 0.2) is 0 Å². The van der Waals surface area contributed by atoms with Crippen LogP contribution in [0.4, 0.5) is 0 Å². The van der Waals surface area contributed by atoms with Crippen molar-refractivity contribution in [1.29, 1.82) is 0 Å². The Morgan fingerprint density at radius 2 is 2.21 bits per heavy atom. The molecule has 2 aliphatic carbocycles. The fraction of sp³-hybridized carbons (Fsp3) is 0.467. The Labute approximate surface area is 111 Å². The summed E-state index contributed by atoms with van der Waals surface area (Å²) in [5.74, 6) is -0.00874. The van der Waals surface area contributed by atoms with Gasteiger partial charge in [-0.05, 0) is 49.1 Å². The highest BCUT2D eigenvalue weighted by Gasteiger charge is 2.53. The van der Waals surface area contributed by atoms with Gasteiger partial charge in [0.25, 0.3) is 0 Å². The third-order valence-electron chi connectivity index (χ3n) is 4.69. The smallest absolute Gasteiger partial charge is 0.337 e. The van der Waals surface area contributed by atoms with Gasteiger partial charge in [-0.3, -0.25) is 0 Å². The van der Waals surface area contributed by atoms with E-state index in [0.717, 1.165) is 23.5 Å². The number of rotatable bonds is 4. The summed E-state index contributed by atoms with van der Waals surface area (Å²) in [6.07, 6.45) is 7.07. The van der Waals surface area contributed by atoms with Crippen molar-refractivity contribution < 1.29 is 9.90 Å². The predicted molar refractivity (Wildman–Crippen MR) is 71.1 cm³/mol. The SMILES string of the molecule is O=C(O)c1cccc2ncn(CC3(C4CC4)CC3)c12. The van der Waals surface area contributed by atoms with Gasteiger partial charge in [-0.15, -0.1) is 0 Å². The van der Waals surface area contributed by atoms with Crippen molar-refractivity contribution in [3.63, 3.8) is 0 Å². The van der Waals surface area contributed by atoms with E-state index in [2.05, 4.69) is 9.55 Å². The van der Waals surface area contributed by atoms with Gasteiger partial charge in [-0.1, -0.05) is 6.07 Å². The van der Waals surface area contributed by atoms with Crippen molar-refractivity contribution in [3.8, 4) is 0 Å². The molecule has 0 saturated heterocycles. The van der Waals surface area contributed by atoms with E-state index in [1.165, 1.54) is 25.7 Å². The minimum Gasteiger partial charge on any atom is -0.478 e. The zero-order valence-electron chi connectivity index (χ0n) is 10.7. The normalized spacial score (nSPS) is 20.6. The number of fused-ring (bicyclic) bond motifs is 1. The van der Waals surface area contributed by atoms with Crippen LogP contribution in [0.15, 0.2) is 24.5 Å². The van der Waals surface area contributed by atoms with Crippen LogP contribution >= 0.6 is 0 Å². The Kier molecular flexibility index (Phi) is 2.08. The Hall–Kier alpha value is -1.84. The number of hydrogen-bond acceptors (Lipinski definition) is 2. The number of aromatic carboxylic acids is 1. The molecular formula is C15H16N2O2. The lowest BCUT2D eigenvalue weighted by molar-refractivity contribution is 0.0698. The number of carboxylic acids is 1. The van der Waals surface area contributed by atoms with Gasteiger partial charge in [-0.2, -0.15) is 0 Å². The van der Waals surface area contributed by atoms with Crippen LogP contribution in [0.5, 0.6) is 0 Å². The number of benzene rings is 1. The van der Waals surface area contributed by atoms with Crippen molar-refractivity contribution in [1.82, 2.24) is 9.55 Å². The highest BCUT2D eigenvalue weighted by atomic mass is 16.4. The lowest BCUT2D eigenvalue weighted by atomic mass is 10.0. The number of aromatic nitrogens is 2. The van der Waals surface area contributed by atoms with Crippen LogP contribution in [0.3, 0.4) is 0 Å². The van der Waals surface area contributed by atoms with Crippen LogP contribution in [-0.4, -0.2) is 20.6 Å². The molecule has 0 unspecified atom stereocenters. The summed E-state index contributed by atoms with van der Waals surface area (Å²) in [5, 5.41) is 9.32. The van der Waals surface area contributed by atoms with Gasteiger partial charge in [0, 0.05) is 6.54 Å². The van der Waals surface area contributed by atoms with E-state index in [1.54, 1.807) is 18.5 Å². The maximum absolute atomic E-state index is 11.4.